The Labute approximate surface area is 160 Å². The van der Waals surface area contributed by atoms with Crippen molar-refractivity contribution in [3.63, 3.8) is 0 Å². The number of nitrogens with zero attached hydrogens (tertiary/aromatic N) is 4. The molecule has 0 saturated carbocycles. The van der Waals surface area contributed by atoms with E-state index in [2.05, 4.69) is 50.1 Å². The third kappa shape index (κ3) is 4.43. The minimum atomic E-state index is 0.742. The number of hydrogen-bond donors (Lipinski definition) is 0. The molecular weight excluding hydrogens is 336 g/mol. The zero-order valence-corrected chi connectivity index (χ0v) is 15.8. The van der Waals surface area contributed by atoms with Gasteiger partial charge in [-0.1, -0.05) is 18.2 Å². The van der Waals surface area contributed by atoms with E-state index in [1.807, 2.05) is 24.5 Å². The van der Waals surface area contributed by atoms with E-state index in [0.717, 1.165) is 50.7 Å². The predicted molar refractivity (Wildman–Crippen MR) is 108 cm³/mol. The van der Waals surface area contributed by atoms with Crippen LogP contribution in [0, 0.1) is 0 Å². The third-order valence-corrected chi connectivity index (χ3v) is 5.19. The minimum absolute atomic E-state index is 0.742. The average molecular weight is 362 g/mol. The van der Waals surface area contributed by atoms with E-state index >= 15 is 0 Å². The SMILES string of the molecule is COc1nc2ccccc2cc1CN1CCCN(Cc2ccncc2)CC1. The van der Waals surface area contributed by atoms with E-state index in [1.54, 1.807) is 7.11 Å². The van der Waals surface area contributed by atoms with Gasteiger partial charge in [0, 0.05) is 49.5 Å². The largest absolute Gasteiger partial charge is 0.481 e. The lowest BCUT2D eigenvalue weighted by molar-refractivity contribution is 0.244. The van der Waals surface area contributed by atoms with Gasteiger partial charge in [0.05, 0.1) is 12.6 Å². The fraction of sp³-hybridized carbons (Fsp3) is 0.364. The molecule has 1 fully saturated rings. The second-order valence-corrected chi connectivity index (χ2v) is 7.11. The van der Waals surface area contributed by atoms with E-state index in [1.165, 1.54) is 22.9 Å². The molecule has 5 heteroatoms. The fourth-order valence-corrected chi connectivity index (χ4v) is 3.76. The number of benzene rings is 1. The molecule has 0 atom stereocenters. The van der Waals surface area contributed by atoms with Gasteiger partial charge >= 0.3 is 0 Å². The van der Waals surface area contributed by atoms with Crippen LogP contribution in [0.4, 0.5) is 0 Å². The number of fused-ring (bicyclic) bond motifs is 1. The molecule has 2 aromatic heterocycles. The molecule has 3 heterocycles. The van der Waals surface area contributed by atoms with Crippen LogP contribution in [0.3, 0.4) is 0 Å². The highest BCUT2D eigenvalue weighted by molar-refractivity contribution is 5.80. The Morgan fingerprint density at radius 3 is 2.44 bits per heavy atom. The van der Waals surface area contributed by atoms with Crippen LogP contribution in [-0.2, 0) is 13.1 Å². The summed E-state index contributed by atoms with van der Waals surface area (Å²) < 4.78 is 5.57. The molecule has 1 aliphatic rings. The molecule has 0 spiro atoms. The molecule has 140 valence electrons. The molecule has 1 aliphatic heterocycles. The Morgan fingerprint density at radius 1 is 0.926 bits per heavy atom. The molecule has 1 aromatic carbocycles. The minimum Gasteiger partial charge on any atom is -0.481 e. The summed E-state index contributed by atoms with van der Waals surface area (Å²) in [5, 5.41) is 1.17. The molecule has 0 N–H and O–H groups in total. The van der Waals surface area contributed by atoms with Crippen molar-refractivity contribution in [3.05, 3.63) is 66.0 Å². The third-order valence-electron chi connectivity index (χ3n) is 5.19. The molecule has 0 bridgehead atoms. The van der Waals surface area contributed by atoms with Crippen LogP contribution in [-0.4, -0.2) is 53.1 Å². The average Bonchev–Trinajstić information content (AvgIpc) is 2.93. The maximum atomic E-state index is 5.57. The van der Waals surface area contributed by atoms with E-state index in [4.69, 9.17) is 4.74 Å². The molecule has 1 saturated heterocycles. The summed E-state index contributed by atoms with van der Waals surface area (Å²) in [6.07, 6.45) is 4.92. The molecule has 0 radical (unpaired) electrons. The number of rotatable bonds is 5. The Bertz CT molecular complexity index is 884. The Balaban J connectivity index is 1.43. The van der Waals surface area contributed by atoms with Crippen molar-refractivity contribution < 1.29 is 4.74 Å². The van der Waals surface area contributed by atoms with E-state index < -0.39 is 0 Å². The standard InChI is InChI=1S/C22H26N4O/c1-27-22-20(15-19-5-2-3-6-21(19)24-22)17-26-12-4-11-25(13-14-26)16-18-7-9-23-10-8-18/h2-3,5-10,15H,4,11-14,16-17H2,1H3. The highest BCUT2D eigenvalue weighted by atomic mass is 16.5. The summed E-state index contributed by atoms with van der Waals surface area (Å²) in [6, 6.07) is 14.7. The van der Waals surface area contributed by atoms with Crippen molar-refractivity contribution in [2.75, 3.05) is 33.3 Å². The van der Waals surface area contributed by atoms with E-state index in [0.29, 0.717) is 0 Å². The van der Waals surface area contributed by atoms with Gasteiger partial charge in [0.1, 0.15) is 0 Å². The number of methoxy groups -OCH3 is 1. The molecule has 4 rings (SSSR count). The zero-order chi connectivity index (χ0) is 18.5. The maximum absolute atomic E-state index is 5.57. The van der Waals surface area contributed by atoms with Crippen molar-refractivity contribution >= 4 is 10.9 Å². The van der Waals surface area contributed by atoms with Crippen LogP contribution in [0.1, 0.15) is 17.5 Å². The molecule has 27 heavy (non-hydrogen) atoms. The first-order valence-electron chi connectivity index (χ1n) is 9.58. The highest BCUT2D eigenvalue weighted by Gasteiger charge is 2.17. The molecule has 3 aromatic rings. The summed E-state index contributed by atoms with van der Waals surface area (Å²) in [4.78, 5) is 13.8. The van der Waals surface area contributed by atoms with Gasteiger partial charge < -0.3 is 4.74 Å². The summed E-state index contributed by atoms with van der Waals surface area (Å²) in [5.41, 5.74) is 3.48. The molecular formula is C22H26N4O. The van der Waals surface area contributed by atoms with Gasteiger partial charge in [0.2, 0.25) is 5.88 Å². The number of pyridine rings is 2. The van der Waals surface area contributed by atoms with Gasteiger partial charge in [-0.2, -0.15) is 0 Å². The van der Waals surface area contributed by atoms with Crippen molar-refractivity contribution in [2.45, 2.75) is 19.5 Å². The second kappa shape index (κ2) is 8.46. The quantitative estimate of drug-likeness (QED) is 0.696. The van der Waals surface area contributed by atoms with E-state index in [9.17, 15) is 0 Å². The first-order chi connectivity index (χ1) is 13.3. The van der Waals surface area contributed by atoms with Crippen LogP contribution < -0.4 is 4.74 Å². The lowest BCUT2D eigenvalue weighted by atomic mass is 10.1. The lowest BCUT2D eigenvalue weighted by Crippen LogP contribution is -2.30. The van der Waals surface area contributed by atoms with Crippen molar-refractivity contribution in [1.82, 2.24) is 19.8 Å². The zero-order valence-electron chi connectivity index (χ0n) is 15.8. The van der Waals surface area contributed by atoms with Gasteiger partial charge in [0.25, 0.3) is 0 Å². The van der Waals surface area contributed by atoms with Crippen LogP contribution >= 0.6 is 0 Å². The Morgan fingerprint density at radius 2 is 1.67 bits per heavy atom. The smallest absolute Gasteiger partial charge is 0.218 e. The Kier molecular flexibility index (Phi) is 5.61. The Hall–Kier alpha value is -2.50. The summed E-state index contributed by atoms with van der Waals surface area (Å²) >= 11 is 0. The van der Waals surface area contributed by atoms with Crippen LogP contribution in [0.15, 0.2) is 54.9 Å². The summed E-state index contributed by atoms with van der Waals surface area (Å²) in [6.45, 7) is 6.24. The van der Waals surface area contributed by atoms with Crippen molar-refractivity contribution in [2.24, 2.45) is 0 Å². The first kappa shape index (κ1) is 17.9. The normalized spacial score (nSPS) is 16.3. The second-order valence-electron chi connectivity index (χ2n) is 7.11. The van der Waals surface area contributed by atoms with Crippen molar-refractivity contribution in [3.8, 4) is 5.88 Å². The van der Waals surface area contributed by atoms with Gasteiger partial charge in [-0.05, 0) is 49.3 Å². The molecule has 0 unspecified atom stereocenters. The fourth-order valence-electron chi connectivity index (χ4n) is 3.76. The summed E-state index contributed by atoms with van der Waals surface area (Å²) in [5.74, 6) is 0.742. The number of aromatic nitrogens is 2. The highest BCUT2D eigenvalue weighted by Crippen LogP contribution is 2.24. The predicted octanol–water partition coefficient (Wildman–Crippen LogP) is 3.35. The van der Waals surface area contributed by atoms with Crippen LogP contribution in [0.25, 0.3) is 10.9 Å². The van der Waals surface area contributed by atoms with Crippen molar-refractivity contribution in [1.29, 1.82) is 0 Å². The molecule has 5 nitrogen and oxygen atoms in total. The van der Waals surface area contributed by atoms with E-state index in [-0.39, 0.29) is 0 Å². The first-order valence-corrected chi connectivity index (χ1v) is 9.58. The van der Waals surface area contributed by atoms with Gasteiger partial charge in [-0.15, -0.1) is 0 Å². The number of ether oxygens (including phenoxy) is 1. The van der Waals surface area contributed by atoms with Gasteiger partial charge in [-0.25, -0.2) is 4.98 Å². The monoisotopic (exact) mass is 362 g/mol. The lowest BCUT2D eigenvalue weighted by Gasteiger charge is -2.22. The number of para-hydroxylation sites is 1. The van der Waals surface area contributed by atoms with Gasteiger partial charge in [0.15, 0.2) is 0 Å². The molecule has 0 amide bonds. The summed E-state index contributed by atoms with van der Waals surface area (Å²) in [7, 11) is 1.71. The van der Waals surface area contributed by atoms with Crippen LogP contribution in [0.2, 0.25) is 0 Å². The topological polar surface area (TPSA) is 41.5 Å². The molecule has 0 aliphatic carbocycles. The van der Waals surface area contributed by atoms with Crippen LogP contribution in [0.5, 0.6) is 5.88 Å². The van der Waals surface area contributed by atoms with Gasteiger partial charge in [-0.3, -0.25) is 14.8 Å². The number of hydrogen-bond acceptors (Lipinski definition) is 5. The maximum Gasteiger partial charge on any atom is 0.218 e.